The maximum absolute atomic E-state index is 14.1. The summed E-state index contributed by atoms with van der Waals surface area (Å²) in [4.78, 5) is 10.6. The largest absolute Gasteiger partial charge is 0.496 e. The molecule has 0 atom stereocenters. The summed E-state index contributed by atoms with van der Waals surface area (Å²) in [6.45, 7) is 0. The van der Waals surface area contributed by atoms with Crippen LogP contribution in [0.5, 0.6) is 11.5 Å². The van der Waals surface area contributed by atoms with E-state index in [-0.39, 0.29) is 5.56 Å². The number of rotatable bonds is 4. The number of carbonyl (C=O) groups is 1. The summed E-state index contributed by atoms with van der Waals surface area (Å²) in [6, 6.07) is 9.50. The zero-order valence-electron chi connectivity index (χ0n) is 10.6. The van der Waals surface area contributed by atoms with Crippen LogP contribution in [0.3, 0.4) is 0 Å². The Bertz CT molecular complexity index is 586. The molecule has 0 bridgehead atoms. The monoisotopic (exact) mass is 260 g/mol. The molecule has 3 nitrogen and oxygen atoms in total. The smallest absolute Gasteiger partial charge is 0.150 e. The first-order valence-corrected chi connectivity index (χ1v) is 5.67. The van der Waals surface area contributed by atoms with Gasteiger partial charge in [0.25, 0.3) is 0 Å². The minimum atomic E-state index is -0.493. The fraction of sp³-hybridized carbons (Fsp3) is 0.133. The van der Waals surface area contributed by atoms with Crippen molar-refractivity contribution in [3.63, 3.8) is 0 Å². The Balaban J connectivity index is 2.67. The van der Waals surface area contributed by atoms with Gasteiger partial charge in [-0.3, -0.25) is 4.79 Å². The lowest BCUT2D eigenvalue weighted by Gasteiger charge is -2.13. The predicted octanol–water partition coefficient (Wildman–Crippen LogP) is 3.32. The van der Waals surface area contributed by atoms with Crippen LogP contribution in [0, 0.1) is 5.82 Å². The van der Waals surface area contributed by atoms with Crippen LogP contribution in [-0.4, -0.2) is 20.5 Å². The molecule has 0 radical (unpaired) electrons. The van der Waals surface area contributed by atoms with E-state index in [9.17, 15) is 9.18 Å². The third-order valence-electron chi connectivity index (χ3n) is 2.83. The van der Waals surface area contributed by atoms with Gasteiger partial charge in [-0.25, -0.2) is 4.39 Å². The van der Waals surface area contributed by atoms with Crippen molar-refractivity contribution in [1.82, 2.24) is 0 Å². The van der Waals surface area contributed by atoms with Gasteiger partial charge in [0.15, 0.2) is 0 Å². The van der Waals surface area contributed by atoms with Crippen LogP contribution in [0.25, 0.3) is 11.1 Å². The molecule has 0 N–H and O–H groups in total. The van der Waals surface area contributed by atoms with Gasteiger partial charge in [-0.2, -0.15) is 0 Å². The number of carbonyl (C=O) groups excluding carboxylic acids is 1. The molecule has 2 rings (SSSR count). The summed E-state index contributed by atoms with van der Waals surface area (Å²) in [5.41, 5.74) is 1.15. The standard InChI is InChI=1S/C15H13FO3/c1-18-13-4-3-5-14(19-2)15(13)11-7-6-10(9-17)8-12(11)16/h3-9H,1-2H3. The highest BCUT2D eigenvalue weighted by molar-refractivity contribution is 5.81. The highest BCUT2D eigenvalue weighted by Gasteiger charge is 2.16. The number of methoxy groups -OCH3 is 2. The summed E-state index contributed by atoms with van der Waals surface area (Å²) in [6.07, 6.45) is 0.603. The van der Waals surface area contributed by atoms with Crippen molar-refractivity contribution in [2.24, 2.45) is 0 Å². The number of aldehydes is 1. The molecular weight excluding hydrogens is 247 g/mol. The molecule has 0 spiro atoms. The first kappa shape index (κ1) is 13.1. The van der Waals surface area contributed by atoms with Crippen LogP contribution in [-0.2, 0) is 0 Å². The Morgan fingerprint density at radius 1 is 1.05 bits per heavy atom. The number of hydrogen-bond acceptors (Lipinski definition) is 3. The molecule has 0 saturated heterocycles. The lowest BCUT2D eigenvalue weighted by atomic mass is 10.0. The van der Waals surface area contributed by atoms with E-state index in [1.807, 2.05) is 0 Å². The lowest BCUT2D eigenvalue weighted by molar-refractivity contribution is 0.112. The number of hydrogen-bond donors (Lipinski definition) is 0. The van der Waals surface area contributed by atoms with Gasteiger partial charge in [0.2, 0.25) is 0 Å². The Morgan fingerprint density at radius 2 is 1.68 bits per heavy atom. The van der Waals surface area contributed by atoms with Crippen molar-refractivity contribution >= 4 is 6.29 Å². The summed E-state index contributed by atoms with van der Waals surface area (Å²) in [5.74, 6) is 0.529. The number of ether oxygens (including phenoxy) is 2. The summed E-state index contributed by atoms with van der Waals surface area (Å²) in [7, 11) is 3.02. The van der Waals surface area contributed by atoms with Gasteiger partial charge in [0.1, 0.15) is 23.6 Å². The van der Waals surface area contributed by atoms with Gasteiger partial charge < -0.3 is 9.47 Å². The van der Waals surface area contributed by atoms with E-state index in [1.54, 1.807) is 30.3 Å². The zero-order chi connectivity index (χ0) is 13.8. The third-order valence-corrected chi connectivity index (χ3v) is 2.83. The molecule has 0 aliphatic rings. The number of halogens is 1. The fourth-order valence-corrected chi connectivity index (χ4v) is 1.92. The third kappa shape index (κ3) is 2.42. The molecule has 19 heavy (non-hydrogen) atoms. The van der Waals surface area contributed by atoms with Crippen molar-refractivity contribution in [3.8, 4) is 22.6 Å². The molecule has 0 aliphatic heterocycles. The van der Waals surface area contributed by atoms with Crippen LogP contribution < -0.4 is 9.47 Å². The quantitative estimate of drug-likeness (QED) is 0.791. The minimum Gasteiger partial charge on any atom is -0.496 e. The molecular formula is C15H13FO3. The van der Waals surface area contributed by atoms with Crippen molar-refractivity contribution in [1.29, 1.82) is 0 Å². The topological polar surface area (TPSA) is 35.5 Å². The first-order chi connectivity index (χ1) is 9.21. The predicted molar refractivity (Wildman–Crippen MR) is 70.3 cm³/mol. The Kier molecular flexibility index (Phi) is 3.80. The highest BCUT2D eigenvalue weighted by atomic mass is 19.1. The van der Waals surface area contributed by atoms with E-state index >= 15 is 0 Å². The second kappa shape index (κ2) is 5.52. The molecule has 2 aromatic rings. The van der Waals surface area contributed by atoms with Crippen molar-refractivity contribution in [2.45, 2.75) is 0 Å². The van der Waals surface area contributed by atoms with E-state index in [1.165, 1.54) is 20.3 Å². The number of benzene rings is 2. The van der Waals surface area contributed by atoms with Crippen molar-refractivity contribution in [2.75, 3.05) is 14.2 Å². The van der Waals surface area contributed by atoms with Gasteiger partial charge in [-0.05, 0) is 18.2 Å². The molecule has 0 unspecified atom stereocenters. The van der Waals surface area contributed by atoms with Crippen LogP contribution in [0.15, 0.2) is 36.4 Å². The molecule has 98 valence electrons. The summed E-state index contributed by atoms with van der Waals surface area (Å²) < 4.78 is 24.6. The fourth-order valence-electron chi connectivity index (χ4n) is 1.92. The van der Waals surface area contributed by atoms with Gasteiger partial charge >= 0.3 is 0 Å². The van der Waals surface area contributed by atoms with Gasteiger partial charge in [0.05, 0.1) is 19.8 Å². The molecule has 4 heteroatoms. The SMILES string of the molecule is COc1cccc(OC)c1-c1ccc(C=O)cc1F. The van der Waals surface area contributed by atoms with E-state index in [0.29, 0.717) is 28.9 Å². The molecule has 0 aromatic heterocycles. The van der Waals surface area contributed by atoms with Crippen LogP contribution in [0.2, 0.25) is 0 Å². The van der Waals surface area contributed by atoms with E-state index in [4.69, 9.17) is 9.47 Å². The zero-order valence-corrected chi connectivity index (χ0v) is 10.6. The van der Waals surface area contributed by atoms with Gasteiger partial charge in [0, 0.05) is 11.1 Å². The summed E-state index contributed by atoms with van der Waals surface area (Å²) in [5, 5.41) is 0. The Labute approximate surface area is 110 Å². The molecule has 0 amide bonds. The normalized spacial score (nSPS) is 10.1. The Morgan fingerprint density at radius 3 is 2.16 bits per heavy atom. The van der Waals surface area contributed by atoms with Gasteiger partial charge in [-0.15, -0.1) is 0 Å². The minimum absolute atomic E-state index is 0.287. The lowest BCUT2D eigenvalue weighted by Crippen LogP contribution is -1.95. The first-order valence-electron chi connectivity index (χ1n) is 5.67. The van der Waals surface area contributed by atoms with Crippen molar-refractivity contribution in [3.05, 3.63) is 47.8 Å². The van der Waals surface area contributed by atoms with E-state index in [2.05, 4.69) is 0 Å². The average Bonchev–Trinajstić information content (AvgIpc) is 2.46. The Hall–Kier alpha value is -2.36. The van der Waals surface area contributed by atoms with Gasteiger partial charge in [-0.1, -0.05) is 18.2 Å². The molecule has 0 saturated carbocycles. The molecule has 0 aliphatic carbocycles. The second-order valence-electron chi connectivity index (χ2n) is 3.89. The van der Waals surface area contributed by atoms with E-state index in [0.717, 1.165) is 0 Å². The maximum atomic E-state index is 14.1. The molecule has 2 aromatic carbocycles. The average molecular weight is 260 g/mol. The highest BCUT2D eigenvalue weighted by Crippen LogP contribution is 2.39. The summed E-state index contributed by atoms with van der Waals surface area (Å²) >= 11 is 0. The van der Waals surface area contributed by atoms with Crippen LogP contribution in [0.4, 0.5) is 4.39 Å². The van der Waals surface area contributed by atoms with Crippen LogP contribution >= 0.6 is 0 Å². The van der Waals surface area contributed by atoms with E-state index < -0.39 is 5.82 Å². The maximum Gasteiger partial charge on any atom is 0.150 e. The van der Waals surface area contributed by atoms with Crippen molar-refractivity contribution < 1.29 is 18.7 Å². The molecule has 0 fully saturated rings. The van der Waals surface area contributed by atoms with Crippen LogP contribution in [0.1, 0.15) is 10.4 Å². The molecule has 0 heterocycles. The second-order valence-corrected chi connectivity index (χ2v) is 3.89.